The Balaban J connectivity index is 1.83. The van der Waals surface area contributed by atoms with Crippen molar-refractivity contribution in [2.24, 2.45) is 0 Å². The van der Waals surface area contributed by atoms with Crippen LogP contribution in [-0.4, -0.2) is 63.0 Å². The lowest BCUT2D eigenvalue weighted by molar-refractivity contribution is -0.379. The Morgan fingerprint density at radius 2 is 1.71 bits per heavy atom. The summed E-state index contributed by atoms with van der Waals surface area (Å²) in [6, 6.07) is 5.88. The van der Waals surface area contributed by atoms with Crippen LogP contribution < -0.4 is 0 Å². The predicted octanol–water partition coefficient (Wildman–Crippen LogP) is 0.303. The van der Waals surface area contributed by atoms with E-state index in [0.717, 1.165) is 0 Å². The van der Waals surface area contributed by atoms with Gasteiger partial charge in [-0.3, -0.25) is 14.4 Å². The quantitative estimate of drug-likeness (QED) is 0.483. The molecule has 3 unspecified atom stereocenters. The van der Waals surface area contributed by atoms with Gasteiger partial charge in [0.15, 0.2) is 6.10 Å². The Hall–Kier alpha value is -2.39. The van der Waals surface area contributed by atoms with Gasteiger partial charge in [-0.2, -0.15) is 0 Å². The molecule has 1 aromatic carbocycles. The normalized spacial score (nSPS) is 44.1. The second-order valence-corrected chi connectivity index (χ2v) is 7.69. The van der Waals surface area contributed by atoms with Crippen LogP contribution >= 0.6 is 0 Å². The zero-order valence-corrected chi connectivity index (χ0v) is 15.0. The molecule has 6 atom stereocenters. The molecule has 2 N–H and O–H groups in total. The fraction of sp³-hybridized carbons (Fsp3) is 0.450. The van der Waals surface area contributed by atoms with Gasteiger partial charge in [-0.25, -0.2) is 0 Å². The number of Topliss-reactive ketones (excluding diaryl/α,β-unsaturated/α-hetero) is 2. The molecule has 1 aromatic rings. The highest BCUT2D eigenvalue weighted by molar-refractivity contribution is 6.23. The van der Waals surface area contributed by atoms with Crippen molar-refractivity contribution in [2.75, 3.05) is 0 Å². The van der Waals surface area contributed by atoms with Crippen molar-refractivity contribution in [3.05, 3.63) is 47.5 Å². The number of rotatable bonds is 0. The van der Waals surface area contributed by atoms with Crippen LogP contribution in [0.15, 0.2) is 36.4 Å². The topological polar surface area (TPSA) is 119 Å². The van der Waals surface area contributed by atoms with Gasteiger partial charge in [0.05, 0.1) is 12.5 Å². The van der Waals surface area contributed by atoms with E-state index in [-0.39, 0.29) is 17.5 Å². The molecule has 5 rings (SSSR count). The van der Waals surface area contributed by atoms with Crippen LogP contribution in [0.5, 0.6) is 0 Å². The Labute approximate surface area is 159 Å². The van der Waals surface area contributed by atoms with E-state index in [1.807, 2.05) is 0 Å². The number of ketones is 2. The average molecular weight is 386 g/mol. The molecule has 1 spiro atoms. The second kappa shape index (κ2) is 5.36. The first kappa shape index (κ1) is 17.7. The maximum atomic E-state index is 13.5. The van der Waals surface area contributed by atoms with Crippen molar-refractivity contribution >= 4 is 17.5 Å². The molecule has 4 aliphatic rings. The van der Waals surface area contributed by atoms with Crippen LogP contribution in [0, 0.1) is 0 Å². The first-order valence-electron chi connectivity index (χ1n) is 9.11. The lowest BCUT2D eigenvalue weighted by Gasteiger charge is -2.59. The van der Waals surface area contributed by atoms with Crippen molar-refractivity contribution in [3.8, 4) is 0 Å². The number of hydrogen-bond acceptors (Lipinski definition) is 8. The summed E-state index contributed by atoms with van der Waals surface area (Å²) in [7, 11) is 0. The first-order chi connectivity index (χ1) is 13.2. The fourth-order valence-electron chi connectivity index (χ4n) is 4.75. The Bertz CT molecular complexity index is 953. The summed E-state index contributed by atoms with van der Waals surface area (Å²) >= 11 is 0. The van der Waals surface area contributed by atoms with Gasteiger partial charge in [-0.15, -0.1) is 0 Å². The lowest BCUT2D eigenvalue weighted by atomic mass is 9.59. The number of carbonyl (C=O) groups is 3. The van der Waals surface area contributed by atoms with Gasteiger partial charge in [0.25, 0.3) is 0 Å². The number of hydrogen-bond donors (Lipinski definition) is 2. The number of aliphatic hydroxyl groups is 2. The summed E-state index contributed by atoms with van der Waals surface area (Å²) < 4.78 is 17.0. The van der Waals surface area contributed by atoms with E-state index in [2.05, 4.69) is 0 Å². The molecule has 1 aliphatic carbocycles. The van der Waals surface area contributed by atoms with E-state index < -0.39 is 52.8 Å². The fourth-order valence-corrected chi connectivity index (χ4v) is 4.75. The van der Waals surface area contributed by atoms with Crippen molar-refractivity contribution in [3.63, 3.8) is 0 Å². The lowest BCUT2D eigenvalue weighted by Crippen LogP contribution is -2.85. The molecule has 3 heterocycles. The Morgan fingerprint density at radius 3 is 2.39 bits per heavy atom. The van der Waals surface area contributed by atoms with Crippen LogP contribution in [0.3, 0.4) is 0 Å². The van der Waals surface area contributed by atoms with Crippen molar-refractivity contribution in [1.29, 1.82) is 0 Å². The molecule has 8 nitrogen and oxygen atoms in total. The number of ether oxygens (including phenoxy) is 3. The smallest absolute Gasteiger partial charge is 0.309 e. The number of carbonyl (C=O) groups excluding carboxylic acids is 3. The third kappa shape index (κ3) is 1.81. The minimum absolute atomic E-state index is 0.0498. The van der Waals surface area contributed by atoms with Gasteiger partial charge in [-0.1, -0.05) is 30.3 Å². The van der Waals surface area contributed by atoms with Crippen LogP contribution in [-0.2, 0) is 19.0 Å². The van der Waals surface area contributed by atoms with Gasteiger partial charge in [0.1, 0.15) is 6.10 Å². The minimum Gasteiger partial charge on any atom is -0.456 e. The van der Waals surface area contributed by atoms with Gasteiger partial charge in [0.2, 0.25) is 28.6 Å². The molecular weight excluding hydrogens is 368 g/mol. The number of esters is 1. The van der Waals surface area contributed by atoms with E-state index in [0.29, 0.717) is 6.42 Å². The summed E-state index contributed by atoms with van der Waals surface area (Å²) in [5.41, 5.74) is -5.69. The first-order valence-corrected chi connectivity index (χ1v) is 9.11. The van der Waals surface area contributed by atoms with E-state index in [1.54, 1.807) is 25.1 Å². The monoisotopic (exact) mass is 386 g/mol. The molecule has 2 saturated heterocycles. The van der Waals surface area contributed by atoms with Gasteiger partial charge >= 0.3 is 5.97 Å². The number of fused-ring (bicyclic) bond motifs is 5. The summed E-state index contributed by atoms with van der Waals surface area (Å²) in [4.78, 5) is 38.8. The molecule has 0 aromatic heterocycles. The highest BCUT2D eigenvalue weighted by Crippen LogP contribution is 2.55. The Kier molecular flexibility index (Phi) is 3.38. The van der Waals surface area contributed by atoms with E-state index in [1.165, 1.54) is 18.2 Å². The highest BCUT2D eigenvalue weighted by atomic mass is 16.7. The predicted molar refractivity (Wildman–Crippen MR) is 91.4 cm³/mol. The summed E-state index contributed by atoms with van der Waals surface area (Å²) in [6.07, 6.45) is 0.192. The maximum Gasteiger partial charge on any atom is 0.309 e. The van der Waals surface area contributed by atoms with Crippen molar-refractivity contribution < 1.29 is 38.8 Å². The van der Waals surface area contributed by atoms with Crippen LogP contribution in [0.2, 0.25) is 0 Å². The molecule has 28 heavy (non-hydrogen) atoms. The molecule has 0 bridgehead atoms. The number of benzene rings is 1. The van der Waals surface area contributed by atoms with Crippen molar-refractivity contribution in [2.45, 2.75) is 55.1 Å². The van der Waals surface area contributed by atoms with Gasteiger partial charge < -0.3 is 24.4 Å². The maximum absolute atomic E-state index is 13.5. The molecular formula is C20H18O8. The summed E-state index contributed by atoms with van der Waals surface area (Å²) in [6.45, 7) is 1.71. The third-order valence-corrected chi connectivity index (χ3v) is 6.03. The molecule has 3 aliphatic heterocycles. The standard InChI is InChI=1S/C20H18O8/c1-10-5-4-8-18(27-10)20(25)16(23)12-7-3-2-6-11(12)15(22)19(20,24)17-13(28-18)9-14(21)26-17/h2-4,6-8,10,13,17,24-25H,5,9H2,1H3/t10?,13?,17?,18-,19+,20-/m0/s1. The van der Waals surface area contributed by atoms with Crippen molar-refractivity contribution in [1.82, 2.24) is 0 Å². The molecule has 2 fully saturated rings. The van der Waals surface area contributed by atoms with E-state index in [4.69, 9.17) is 14.2 Å². The largest absolute Gasteiger partial charge is 0.456 e. The molecule has 0 amide bonds. The summed E-state index contributed by atoms with van der Waals surface area (Å²) in [5.74, 6) is -4.66. The second-order valence-electron chi connectivity index (χ2n) is 7.69. The molecule has 8 heteroatoms. The van der Waals surface area contributed by atoms with Crippen LogP contribution in [0.25, 0.3) is 0 Å². The van der Waals surface area contributed by atoms with Gasteiger partial charge in [0, 0.05) is 11.1 Å². The van der Waals surface area contributed by atoms with Gasteiger partial charge in [-0.05, 0) is 19.4 Å². The van der Waals surface area contributed by atoms with Crippen LogP contribution in [0.4, 0.5) is 0 Å². The third-order valence-electron chi connectivity index (χ3n) is 6.03. The molecule has 146 valence electrons. The van der Waals surface area contributed by atoms with E-state index in [9.17, 15) is 24.6 Å². The van der Waals surface area contributed by atoms with E-state index >= 15 is 0 Å². The summed E-state index contributed by atoms with van der Waals surface area (Å²) in [5, 5.41) is 23.4. The highest BCUT2D eigenvalue weighted by Gasteiger charge is 2.82. The van der Waals surface area contributed by atoms with Crippen LogP contribution in [0.1, 0.15) is 40.5 Å². The average Bonchev–Trinajstić information content (AvgIpc) is 3.04. The SMILES string of the molecule is CC1CC=C[C@]2(O1)OC1CC(=O)OC1[C@]1(O)C(=O)c3ccccc3C(=O)[C@]21O. The molecule has 0 saturated carbocycles. The minimum atomic E-state index is -2.83. The molecule has 0 radical (unpaired) electrons. The zero-order valence-electron chi connectivity index (χ0n) is 15.0. The zero-order chi connectivity index (χ0) is 19.9. The Morgan fingerprint density at radius 1 is 1.04 bits per heavy atom.